The summed E-state index contributed by atoms with van der Waals surface area (Å²) < 4.78 is 12.7. The second-order valence-corrected chi connectivity index (χ2v) is 11.7. The van der Waals surface area contributed by atoms with E-state index in [4.69, 9.17) is 9.47 Å². The Bertz CT molecular complexity index is 1570. The minimum absolute atomic E-state index is 0.141. The molecule has 1 amide bonds. The molecule has 0 unspecified atom stereocenters. The van der Waals surface area contributed by atoms with E-state index < -0.39 is 0 Å². The molecule has 2 aliphatic rings. The van der Waals surface area contributed by atoms with Gasteiger partial charge in [0.05, 0.1) is 6.10 Å². The van der Waals surface area contributed by atoms with Crippen molar-refractivity contribution in [3.05, 3.63) is 89.6 Å². The van der Waals surface area contributed by atoms with E-state index in [0.29, 0.717) is 17.4 Å². The first kappa shape index (κ1) is 29.4. The first-order valence-corrected chi connectivity index (χ1v) is 15.4. The van der Waals surface area contributed by atoms with Crippen LogP contribution < -0.4 is 25.0 Å². The number of para-hydroxylation sites is 3. The van der Waals surface area contributed by atoms with Crippen LogP contribution in [0.3, 0.4) is 0 Å². The summed E-state index contributed by atoms with van der Waals surface area (Å²) >= 11 is 0. The first-order valence-electron chi connectivity index (χ1n) is 15.4. The van der Waals surface area contributed by atoms with Crippen LogP contribution in [0.15, 0.2) is 72.9 Å². The number of rotatable bonds is 9. The molecule has 1 aliphatic heterocycles. The number of benzene rings is 3. The molecule has 9 heteroatoms. The van der Waals surface area contributed by atoms with Crippen LogP contribution in [0.4, 0.5) is 23.0 Å². The molecule has 6 rings (SSSR count). The minimum Gasteiger partial charge on any atom is -0.487 e. The maximum absolute atomic E-state index is 13.6. The molecule has 1 aliphatic carbocycles. The summed E-state index contributed by atoms with van der Waals surface area (Å²) in [4.78, 5) is 27.6. The highest BCUT2D eigenvalue weighted by Crippen LogP contribution is 2.36. The van der Waals surface area contributed by atoms with E-state index in [1.54, 1.807) is 0 Å². The molecule has 3 aromatic carbocycles. The van der Waals surface area contributed by atoms with Crippen LogP contribution in [0, 0.1) is 13.8 Å². The summed E-state index contributed by atoms with van der Waals surface area (Å²) in [6.07, 6.45) is 6.02. The molecule has 0 bridgehead atoms. The molecule has 0 atom stereocenters. The van der Waals surface area contributed by atoms with Crippen molar-refractivity contribution in [2.24, 2.45) is 0 Å². The number of aryl methyl sites for hydroxylation is 2. The molecule has 4 aromatic rings. The van der Waals surface area contributed by atoms with Crippen LogP contribution in [-0.2, 0) is 0 Å². The Morgan fingerprint density at radius 2 is 1.55 bits per heavy atom. The van der Waals surface area contributed by atoms with E-state index in [2.05, 4.69) is 49.6 Å². The molecule has 0 radical (unpaired) electrons. The summed E-state index contributed by atoms with van der Waals surface area (Å²) in [7, 11) is 2.16. The lowest BCUT2D eigenvalue weighted by atomic mass is 10.1. The van der Waals surface area contributed by atoms with E-state index in [9.17, 15) is 4.79 Å². The number of amides is 1. The van der Waals surface area contributed by atoms with Gasteiger partial charge in [-0.3, -0.25) is 4.79 Å². The van der Waals surface area contributed by atoms with Gasteiger partial charge in [-0.2, -0.15) is 4.98 Å². The van der Waals surface area contributed by atoms with E-state index in [-0.39, 0.29) is 23.5 Å². The Morgan fingerprint density at radius 1 is 0.864 bits per heavy atom. The average molecular weight is 593 g/mol. The summed E-state index contributed by atoms with van der Waals surface area (Å²) in [5.74, 6) is 1.25. The summed E-state index contributed by atoms with van der Waals surface area (Å²) in [6, 6.07) is 21.7. The quantitative estimate of drug-likeness (QED) is 0.216. The highest BCUT2D eigenvalue weighted by atomic mass is 16.5. The number of carbonyl (C=O) groups is 1. The minimum atomic E-state index is -0.352. The molecular formula is C35H40N6O3. The Balaban J connectivity index is 1.27. The van der Waals surface area contributed by atoms with Gasteiger partial charge in [0.25, 0.3) is 5.91 Å². The van der Waals surface area contributed by atoms with Gasteiger partial charge in [0.1, 0.15) is 5.56 Å². The fourth-order valence-electron chi connectivity index (χ4n) is 5.72. The lowest BCUT2D eigenvalue weighted by molar-refractivity contribution is 0.102. The monoisotopic (exact) mass is 592 g/mol. The Labute approximate surface area is 259 Å². The SMILES string of the molecule is Cc1cccc(C)c1NC(=O)c1cnc(Nc2ccc(N3CCN(C)CC3)cc2)nc1Oc1ccccc1OC1CCCC1. The number of ether oxygens (including phenoxy) is 2. The third-order valence-electron chi connectivity index (χ3n) is 8.36. The molecule has 1 saturated carbocycles. The predicted octanol–water partition coefficient (Wildman–Crippen LogP) is 6.95. The van der Waals surface area contributed by atoms with Crippen molar-refractivity contribution < 1.29 is 14.3 Å². The highest BCUT2D eigenvalue weighted by molar-refractivity contribution is 6.06. The van der Waals surface area contributed by atoms with Gasteiger partial charge in [-0.15, -0.1) is 0 Å². The smallest absolute Gasteiger partial charge is 0.262 e. The Hall–Kier alpha value is -4.63. The van der Waals surface area contributed by atoms with Gasteiger partial charge in [0.2, 0.25) is 11.8 Å². The van der Waals surface area contributed by atoms with Crippen molar-refractivity contribution in [2.75, 3.05) is 48.8 Å². The predicted molar refractivity (Wildman–Crippen MR) is 175 cm³/mol. The number of hydrogen-bond acceptors (Lipinski definition) is 8. The van der Waals surface area contributed by atoms with Crippen molar-refractivity contribution in [3.8, 4) is 17.4 Å². The number of likely N-dealkylation sites (N-methyl/N-ethyl adjacent to an activating group) is 1. The van der Waals surface area contributed by atoms with Gasteiger partial charge >= 0.3 is 0 Å². The third kappa shape index (κ3) is 6.94. The van der Waals surface area contributed by atoms with Crippen LogP contribution in [0.25, 0.3) is 0 Å². The summed E-state index contributed by atoms with van der Waals surface area (Å²) in [5, 5.41) is 6.33. The first-order chi connectivity index (χ1) is 21.4. The van der Waals surface area contributed by atoms with E-state index >= 15 is 0 Å². The van der Waals surface area contributed by atoms with Crippen LogP contribution in [0.1, 0.15) is 47.2 Å². The number of nitrogens with one attached hydrogen (secondary N) is 2. The van der Waals surface area contributed by atoms with Crippen LogP contribution in [0.5, 0.6) is 17.4 Å². The molecule has 2 N–H and O–H groups in total. The number of anilines is 4. The molecular weight excluding hydrogens is 552 g/mol. The molecule has 44 heavy (non-hydrogen) atoms. The van der Waals surface area contributed by atoms with E-state index in [1.165, 1.54) is 11.9 Å². The fourth-order valence-corrected chi connectivity index (χ4v) is 5.72. The third-order valence-corrected chi connectivity index (χ3v) is 8.36. The van der Waals surface area contributed by atoms with E-state index in [1.807, 2.05) is 68.4 Å². The highest BCUT2D eigenvalue weighted by Gasteiger charge is 2.22. The normalized spacial score (nSPS) is 15.7. The average Bonchev–Trinajstić information content (AvgIpc) is 3.54. The van der Waals surface area contributed by atoms with Gasteiger partial charge in [-0.05, 0) is 94.1 Å². The molecule has 2 fully saturated rings. The standard InChI is InChI=1S/C35H40N6O3/c1-24-9-8-10-25(2)32(24)38-33(42)29-23-36-35(37-26-15-17-27(18-16-26)41-21-19-40(3)20-22-41)39-34(29)44-31-14-7-6-13-30(31)43-28-11-4-5-12-28/h6-10,13-18,23,28H,4-5,11-12,19-22H2,1-3H3,(H,38,42)(H,36,37,39). The molecule has 0 spiro atoms. The van der Waals surface area contributed by atoms with Crippen LogP contribution in [0.2, 0.25) is 0 Å². The maximum Gasteiger partial charge on any atom is 0.262 e. The largest absolute Gasteiger partial charge is 0.487 e. The van der Waals surface area contributed by atoms with Gasteiger partial charge < -0.3 is 29.9 Å². The number of hydrogen-bond donors (Lipinski definition) is 2. The molecule has 228 valence electrons. The zero-order valence-electron chi connectivity index (χ0n) is 25.7. The number of piperazine rings is 1. The number of aromatic nitrogens is 2. The number of nitrogens with zero attached hydrogens (tertiary/aromatic N) is 4. The van der Waals surface area contributed by atoms with Crippen molar-refractivity contribution in [1.29, 1.82) is 0 Å². The summed E-state index contributed by atoms with van der Waals surface area (Å²) in [6.45, 7) is 8.04. The molecule has 9 nitrogen and oxygen atoms in total. The summed E-state index contributed by atoms with van der Waals surface area (Å²) in [5.41, 5.74) is 4.94. The van der Waals surface area contributed by atoms with Crippen molar-refractivity contribution >= 4 is 28.9 Å². The van der Waals surface area contributed by atoms with Gasteiger partial charge in [-0.25, -0.2) is 4.98 Å². The fraction of sp³-hybridized carbons (Fsp3) is 0.343. The zero-order chi connectivity index (χ0) is 30.5. The molecule has 1 saturated heterocycles. The molecule has 2 heterocycles. The topological polar surface area (TPSA) is 91.9 Å². The van der Waals surface area contributed by atoms with Gasteiger partial charge in [-0.1, -0.05) is 30.3 Å². The van der Waals surface area contributed by atoms with Crippen LogP contribution >= 0.6 is 0 Å². The number of carbonyl (C=O) groups excluding carboxylic acids is 1. The van der Waals surface area contributed by atoms with Crippen molar-refractivity contribution in [2.45, 2.75) is 45.6 Å². The van der Waals surface area contributed by atoms with Gasteiger partial charge in [0.15, 0.2) is 11.5 Å². The Morgan fingerprint density at radius 3 is 2.25 bits per heavy atom. The maximum atomic E-state index is 13.6. The van der Waals surface area contributed by atoms with E-state index in [0.717, 1.165) is 74.4 Å². The van der Waals surface area contributed by atoms with Crippen molar-refractivity contribution in [1.82, 2.24) is 14.9 Å². The zero-order valence-corrected chi connectivity index (χ0v) is 25.7. The van der Waals surface area contributed by atoms with Crippen molar-refractivity contribution in [3.63, 3.8) is 0 Å². The Kier molecular flexibility index (Phi) is 8.93. The molecule has 1 aromatic heterocycles. The van der Waals surface area contributed by atoms with Crippen LogP contribution in [-0.4, -0.2) is 60.1 Å². The second kappa shape index (κ2) is 13.3. The second-order valence-electron chi connectivity index (χ2n) is 11.7. The lowest BCUT2D eigenvalue weighted by Crippen LogP contribution is -2.44. The van der Waals surface area contributed by atoms with Gasteiger partial charge in [0, 0.05) is 49.4 Å². The lowest BCUT2D eigenvalue weighted by Gasteiger charge is -2.34.